The molecule has 0 aromatic carbocycles. The zero-order valence-electron chi connectivity index (χ0n) is 8.91. The van der Waals surface area contributed by atoms with Crippen molar-refractivity contribution < 1.29 is 26.7 Å². The van der Waals surface area contributed by atoms with Crippen molar-refractivity contribution in [1.82, 2.24) is 0 Å². The smallest absolute Gasteiger partial charge is 0.305 e. The molecule has 0 N–H and O–H groups in total. The van der Waals surface area contributed by atoms with Gasteiger partial charge in [-0.1, -0.05) is 0 Å². The van der Waals surface area contributed by atoms with Gasteiger partial charge in [0.15, 0.2) is 9.84 Å². The van der Waals surface area contributed by atoms with E-state index in [1.54, 1.807) is 0 Å². The van der Waals surface area contributed by atoms with Gasteiger partial charge >= 0.3 is 5.97 Å². The maximum atomic E-state index is 13.4. The van der Waals surface area contributed by atoms with E-state index in [0.717, 1.165) is 7.11 Å². The van der Waals surface area contributed by atoms with E-state index in [-0.39, 0.29) is 12.8 Å². The molecule has 0 radical (unpaired) electrons. The van der Waals surface area contributed by atoms with Crippen molar-refractivity contribution in [3.8, 4) is 0 Å². The Labute approximate surface area is 92.9 Å². The minimum atomic E-state index is -3.39. The summed E-state index contributed by atoms with van der Waals surface area (Å²) in [7, 11) is -2.22. The Hall–Kier alpha value is -0.720. The van der Waals surface area contributed by atoms with Gasteiger partial charge in [0, 0.05) is 18.8 Å². The van der Waals surface area contributed by atoms with E-state index in [2.05, 4.69) is 4.74 Å². The third-order valence-corrected chi connectivity index (χ3v) is 4.46. The molecule has 1 atom stereocenters. The summed E-state index contributed by atoms with van der Waals surface area (Å²) in [6.45, 7) is 0. The number of ether oxygens (including phenoxy) is 1. The van der Waals surface area contributed by atoms with Crippen LogP contribution in [0.15, 0.2) is 0 Å². The minimum Gasteiger partial charge on any atom is -0.469 e. The minimum absolute atomic E-state index is 0.154. The Morgan fingerprint density at radius 1 is 1.50 bits per heavy atom. The lowest BCUT2D eigenvalue weighted by Gasteiger charge is -2.30. The maximum Gasteiger partial charge on any atom is 0.305 e. The van der Waals surface area contributed by atoms with E-state index in [0.29, 0.717) is 0 Å². The lowest BCUT2D eigenvalue weighted by atomic mass is 9.95. The average Bonchev–Trinajstić information content (AvgIpc) is 2.19. The van der Waals surface area contributed by atoms with Gasteiger partial charge in [-0.05, 0) is 6.42 Å². The second-order valence-corrected chi connectivity index (χ2v) is 6.17. The summed E-state index contributed by atoms with van der Waals surface area (Å²) in [4.78, 5) is 10.8. The molecule has 0 aromatic heterocycles. The SMILES string of the molecule is COC(=O)CCC1CS(=O)(=O)CCC1(F)F. The largest absolute Gasteiger partial charge is 0.469 e. The van der Waals surface area contributed by atoms with Gasteiger partial charge in [0.05, 0.1) is 18.6 Å². The molecule has 0 aliphatic carbocycles. The van der Waals surface area contributed by atoms with E-state index in [1.807, 2.05) is 0 Å². The molecule has 1 fully saturated rings. The normalized spacial score (nSPS) is 27.3. The van der Waals surface area contributed by atoms with E-state index in [4.69, 9.17) is 0 Å². The molecule has 4 nitrogen and oxygen atoms in total. The topological polar surface area (TPSA) is 60.4 Å². The summed E-state index contributed by atoms with van der Waals surface area (Å²) in [5.41, 5.74) is 0. The van der Waals surface area contributed by atoms with Crippen molar-refractivity contribution in [2.45, 2.75) is 25.2 Å². The highest BCUT2D eigenvalue weighted by Crippen LogP contribution is 2.37. The van der Waals surface area contributed by atoms with Crippen LogP contribution in [0, 0.1) is 5.92 Å². The molecule has 0 spiro atoms. The number of alkyl halides is 2. The van der Waals surface area contributed by atoms with Crippen LogP contribution < -0.4 is 0 Å². The average molecular weight is 256 g/mol. The summed E-state index contributed by atoms with van der Waals surface area (Å²) in [6.07, 6.45) is -0.980. The van der Waals surface area contributed by atoms with E-state index >= 15 is 0 Å². The number of carbonyl (C=O) groups excluding carboxylic acids is 1. The molecule has 1 heterocycles. The van der Waals surface area contributed by atoms with Crippen molar-refractivity contribution in [1.29, 1.82) is 0 Å². The molecule has 0 amide bonds. The fourth-order valence-corrected chi connectivity index (χ4v) is 3.47. The monoisotopic (exact) mass is 256 g/mol. The molecule has 1 unspecified atom stereocenters. The molecule has 1 rings (SSSR count). The molecular formula is C9H14F2O4S. The molecule has 0 bridgehead atoms. The molecular weight excluding hydrogens is 242 g/mol. The Morgan fingerprint density at radius 3 is 2.69 bits per heavy atom. The van der Waals surface area contributed by atoms with Crippen LogP contribution in [0.25, 0.3) is 0 Å². The summed E-state index contributed by atoms with van der Waals surface area (Å²) in [5.74, 6) is -5.89. The predicted molar refractivity (Wildman–Crippen MR) is 53.0 cm³/mol. The third kappa shape index (κ3) is 3.40. The van der Waals surface area contributed by atoms with Crippen molar-refractivity contribution in [2.24, 2.45) is 5.92 Å². The molecule has 94 valence electrons. The maximum absolute atomic E-state index is 13.4. The molecule has 0 aromatic rings. The highest BCUT2D eigenvalue weighted by atomic mass is 32.2. The van der Waals surface area contributed by atoms with Crippen molar-refractivity contribution in [3.63, 3.8) is 0 Å². The van der Waals surface area contributed by atoms with Gasteiger partial charge in [0.1, 0.15) is 0 Å². The summed E-state index contributed by atoms with van der Waals surface area (Å²) < 4.78 is 53.5. The predicted octanol–water partition coefficient (Wildman–Crippen LogP) is 1.01. The fourth-order valence-electron chi connectivity index (χ4n) is 1.70. The molecule has 1 aliphatic heterocycles. The van der Waals surface area contributed by atoms with Crippen LogP contribution in [0.1, 0.15) is 19.3 Å². The number of rotatable bonds is 3. The summed E-state index contributed by atoms with van der Waals surface area (Å²) in [5, 5.41) is 0. The van der Waals surface area contributed by atoms with Gasteiger partial charge in [-0.3, -0.25) is 4.79 Å². The van der Waals surface area contributed by atoms with E-state index in [1.165, 1.54) is 0 Å². The number of sulfone groups is 1. The molecule has 0 saturated carbocycles. The van der Waals surface area contributed by atoms with Crippen LogP contribution in [0.4, 0.5) is 8.78 Å². The van der Waals surface area contributed by atoms with Gasteiger partial charge in [-0.15, -0.1) is 0 Å². The number of methoxy groups -OCH3 is 1. The zero-order chi connectivity index (χ0) is 12.4. The van der Waals surface area contributed by atoms with Gasteiger partial charge < -0.3 is 4.74 Å². The number of halogens is 2. The van der Waals surface area contributed by atoms with Crippen LogP contribution in [0.3, 0.4) is 0 Å². The standard InChI is InChI=1S/C9H14F2O4S/c1-15-8(12)3-2-7-6-16(13,14)5-4-9(7,10)11/h7H,2-6H2,1H3. The highest BCUT2D eigenvalue weighted by Gasteiger charge is 2.46. The van der Waals surface area contributed by atoms with E-state index in [9.17, 15) is 22.0 Å². The second kappa shape index (κ2) is 4.65. The number of hydrogen-bond donors (Lipinski definition) is 0. The van der Waals surface area contributed by atoms with Crippen molar-refractivity contribution in [2.75, 3.05) is 18.6 Å². The van der Waals surface area contributed by atoms with Crippen LogP contribution in [-0.2, 0) is 19.4 Å². The van der Waals surface area contributed by atoms with Crippen LogP contribution in [0.2, 0.25) is 0 Å². The Balaban J connectivity index is 2.64. The summed E-state index contributed by atoms with van der Waals surface area (Å²) >= 11 is 0. The Bertz CT molecular complexity index is 364. The molecule has 1 aliphatic rings. The lowest BCUT2D eigenvalue weighted by molar-refractivity contribution is -0.141. The number of esters is 1. The summed E-state index contributed by atoms with van der Waals surface area (Å²) in [6, 6.07) is 0. The first-order valence-corrected chi connectivity index (χ1v) is 6.74. The second-order valence-electron chi connectivity index (χ2n) is 3.94. The van der Waals surface area contributed by atoms with E-state index < -0.39 is 45.6 Å². The first-order chi connectivity index (χ1) is 7.27. The van der Waals surface area contributed by atoms with Gasteiger partial charge in [-0.25, -0.2) is 17.2 Å². The van der Waals surface area contributed by atoms with Gasteiger partial charge in [-0.2, -0.15) is 0 Å². The first kappa shape index (κ1) is 13.3. The quantitative estimate of drug-likeness (QED) is 0.707. The van der Waals surface area contributed by atoms with Crippen LogP contribution in [0.5, 0.6) is 0 Å². The highest BCUT2D eigenvalue weighted by molar-refractivity contribution is 7.91. The molecule has 1 saturated heterocycles. The van der Waals surface area contributed by atoms with Gasteiger partial charge in [0.25, 0.3) is 5.92 Å². The van der Waals surface area contributed by atoms with Gasteiger partial charge in [0.2, 0.25) is 0 Å². The van der Waals surface area contributed by atoms with Crippen LogP contribution >= 0.6 is 0 Å². The van der Waals surface area contributed by atoms with Crippen LogP contribution in [-0.4, -0.2) is 38.9 Å². The Kier molecular flexibility index (Phi) is 3.88. The molecule has 16 heavy (non-hydrogen) atoms. The van der Waals surface area contributed by atoms with Crippen molar-refractivity contribution >= 4 is 15.8 Å². The van der Waals surface area contributed by atoms with Crippen molar-refractivity contribution in [3.05, 3.63) is 0 Å². The lowest BCUT2D eigenvalue weighted by Crippen LogP contribution is -2.41. The fraction of sp³-hybridized carbons (Fsp3) is 0.889. The number of hydrogen-bond acceptors (Lipinski definition) is 4. The zero-order valence-corrected chi connectivity index (χ0v) is 9.73. The Morgan fingerprint density at radius 2 is 2.12 bits per heavy atom. The first-order valence-electron chi connectivity index (χ1n) is 4.92. The number of carbonyl (C=O) groups is 1. The molecule has 7 heteroatoms. The third-order valence-electron chi connectivity index (χ3n) is 2.72.